The van der Waals surface area contributed by atoms with E-state index in [9.17, 15) is 8.78 Å². The fourth-order valence-electron chi connectivity index (χ4n) is 1.34. The lowest BCUT2D eigenvalue weighted by Gasteiger charge is -2.04. The molecule has 2 aromatic rings. The zero-order chi connectivity index (χ0) is 11.4. The zero-order valence-electron chi connectivity index (χ0n) is 8.41. The van der Waals surface area contributed by atoms with Crippen molar-refractivity contribution >= 4 is 0 Å². The van der Waals surface area contributed by atoms with Crippen LogP contribution in [0, 0.1) is 11.6 Å². The van der Waals surface area contributed by atoms with Gasteiger partial charge < -0.3 is 9.84 Å². The van der Waals surface area contributed by atoms with E-state index >= 15 is 0 Å². The Balaban J connectivity index is 1.92. The highest BCUT2D eigenvalue weighted by Gasteiger charge is 2.06. The van der Waals surface area contributed by atoms with Gasteiger partial charge in [-0.25, -0.2) is 8.78 Å². The highest BCUT2D eigenvalue weighted by atomic mass is 19.2. The predicted molar refractivity (Wildman–Crippen MR) is 53.4 cm³/mol. The average Bonchev–Trinajstić information content (AvgIpc) is 2.77. The highest BCUT2D eigenvalue weighted by Crippen LogP contribution is 2.11. The lowest BCUT2D eigenvalue weighted by molar-refractivity contribution is 0.372. The largest absolute Gasteiger partial charge is 0.360 e. The van der Waals surface area contributed by atoms with Crippen molar-refractivity contribution in [2.24, 2.45) is 0 Å². The van der Waals surface area contributed by atoms with Gasteiger partial charge in [-0.2, -0.15) is 0 Å². The minimum atomic E-state index is -0.834. The van der Waals surface area contributed by atoms with Gasteiger partial charge in [-0.1, -0.05) is 17.3 Å². The molecule has 1 aromatic heterocycles. The van der Waals surface area contributed by atoms with Crippen LogP contribution in [0.2, 0.25) is 0 Å². The van der Waals surface area contributed by atoms with Crippen LogP contribution in [0.5, 0.6) is 0 Å². The van der Waals surface area contributed by atoms with E-state index in [0.717, 1.165) is 6.07 Å². The van der Waals surface area contributed by atoms with Crippen LogP contribution in [0.25, 0.3) is 0 Å². The Bertz CT molecular complexity index is 457. The van der Waals surface area contributed by atoms with Crippen LogP contribution < -0.4 is 5.32 Å². The van der Waals surface area contributed by atoms with Gasteiger partial charge >= 0.3 is 0 Å². The van der Waals surface area contributed by atoms with Crippen molar-refractivity contribution in [3.63, 3.8) is 0 Å². The van der Waals surface area contributed by atoms with Crippen molar-refractivity contribution in [1.82, 2.24) is 10.5 Å². The normalized spacial score (nSPS) is 10.6. The van der Waals surface area contributed by atoms with Crippen LogP contribution in [0.1, 0.15) is 11.3 Å². The number of nitrogens with zero attached hydrogens (tertiary/aromatic N) is 1. The fraction of sp³-hybridized carbons (Fsp3) is 0.182. The third-order valence-corrected chi connectivity index (χ3v) is 2.14. The van der Waals surface area contributed by atoms with E-state index < -0.39 is 11.6 Å². The number of hydrogen-bond donors (Lipinski definition) is 1. The first-order chi connectivity index (χ1) is 7.77. The first kappa shape index (κ1) is 10.8. The molecule has 84 valence electrons. The number of benzene rings is 1. The van der Waals surface area contributed by atoms with Crippen LogP contribution >= 0.6 is 0 Å². The maximum absolute atomic E-state index is 13.2. The molecular weight excluding hydrogens is 214 g/mol. The molecular formula is C11H10F2N2O. The summed E-state index contributed by atoms with van der Waals surface area (Å²) < 4.78 is 30.9. The summed E-state index contributed by atoms with van der Waals surface area (Å²) in [6.07, 6.45) is 1.53. The summed E-state index contributed by atoms with van der Waals surface area (Å²) in [5.41, 5.74) is 0.291. The molecule has 0 unspecified atom stereocenters. The lowest BCUT2D eigenvalue weighted by Crippen LogP contribution is -2.13. The lowest BCUT2D eigenvalue weighted by atomic mass is 10.2. The second-order valence-corrected chi connectivity index (χ2v) is 3.30. The van der Waals surface area contributed by atoms with Gasteiger partial charge in [0.1, 0.15) is 5.76 Å². The molecule has 16 heavy (non-hydrogen) atoms. The Hall–Kier alpha value is -1.75. The third kappa shape index (κ3) is 2.43. The number of rotatable bonds is 4. The molecule has 0 bridgehead atoms. The molecule has 0 amide bonds. The van der Waals surface area contributed by atoms with Gasteiger partial charge in [0.25, 0.3) is 0 Å². The molecule has 5 heteroatoms. The quantitative estimate of drug-likeness (QED) is 0.865. The van der Waals surface area contributed by atoms with E-state index in [1.807, 2.05) is 0 Å². The molecule has 0 aliphatic rings. The van der Waals surface area contributed by atoms with Crippen LogP contribution in [0.3, 0.4) is 0 Å². The Labute approximate surface area is 91.1 Å². The minimum Gasteiger partial charge on any atom is -0.360 e. The molecule has 3 nitrogen and oxygen atoms in total. The molecule has 0 spiro atoms. The maximum Gasteiger partial charge on any atom is 0.163 e. The predicted octanol–water partition coefficient (Wildman–Crippen LogP) is 2.24. The van der Waals surface area contributed by atoms with E-state index in [-0.39, 0.29) is 6.54 Å². The summed E-state index contributed by atoms with van der Waals surface area (Å²) in [7, 11) is 0. The summed E-state index contributed by atoms with van der Waals surface area (Å²) in [6.45, 7) is 0.667. The molecule has 0 saturated carbocycles. The van der Waals surface area contributed by atoms with Gasteiger partial charge in [0.05, 0.1) is 12.7 Å². The van der Waals surface area contributed by atoms with Crippen molar-refractivity contribution in [2.45, 2.75) is 13.1 Å². The molecule has 0 aliphatic carbocycles. The number of aromatic nitrogens is 1. The first-order valence-corrected chi connectivity index (χ1v) is 4.80. The molecule has 2 rings (SSSR count). The molecule has 1 heterocycles. The number of nitrogens with one attached hydrogen (secondary N) is 1. The fourth-order valence-corrected chi connectivity index (χ4v) is 1.34. The van der Waals surface area contributed by atoms with E-state index in [4.69, 9.17) is 4.52 Å². The van der Waals surface area contributed by atoms with Crippen LogP contribution in [0.4, 0.5) is 8.78 Å². The topological polar surface area (TPSA) is 38.1 Å². The monoisotopic (exact) mass is 224 g/mol. The average molecular weight is 224 g/mol. The first-order valence-electron chi connectivity index (χ1n) is 4.80. The standard InChI is InChI=1S/C11H10F2N2O/c12-10-3-1-2-8(11(10)13)6-14-7-9-4-5-15-16-9/h1-5,14H,6-7H2. The van der Waals surface area contributed by atoms with Crippen molar-refractivity contribution < 1.29 is 13.3 Å². The van der Waals surface area contributed by atoms with Crippen molar-refractivity contribution in [1.29, 1.82) is 0 Å². The second kappa shape index (κ2) is 4.85. The van der Waals surface area contributed by atoms with Crippen LogP contribution in [-0.2, 0) is 13.1 Å². The maximum atomic E-state index is 13.2. The Morgan fingerprint density at radius 3 is 2.81 bits per heavy atom. The Morgan fingerprint density at radius 2 is 2.06 bits per heavy atom. The second-order valence-electron chi connectivity index (χ2n) is 3.30. The smallest absolute Gasteiger partial charge is 0.163 e. The van der Waals surface area contributed by atoms with Gasteiger partial charge in [0.15, 0.2) is 11.6 Å². The summed E-state index contributed by atoms with van der Waals surface area (Å²) in [6, 6.07) is 5.81. The van der Waals surface area contributed by atoms with E-state index in [1.165, 1.54) is 18.3 Å². The van der Waals surface area contributed by atoms with Gasteiger partial charge in [-0.05, 0) is 6.07 Å². The number of halogens is 2. The molecule has 0 atom stereocenters. The highest BCUT2D eigenvalue weighted by molar-refractivity contribution is 5.18. The summed E-state index contributed by atoms with van der Waals surface area (Å²) >= 11 is 0. The van der Waals surface area contributed by atoms with E-state index in [2.05, 4.69) is 10.5 Å². The van der Waals surface area contributed by atoms with E-state index in [1.54, 1.807) is 6.07 Å². The van der Waals surface area contributed by atoms with E-state index in [0.29, 0.717) is 17.9 Å². The van der Waals surface area contributed by atoms with Gasteiger partial charge in [0, 0.05) is 18.2 Å². The van der Waals surface area contributed by atoms with Gasteiger partial charge in [-0.15, -0.1) is 0 Å². The molecule has 0 saturated heterocycles. The van der Waals surface area contributed by atoms with Gasteiger partial charge in [0.2, 0.25) is 0 Å². The Kier molecular flexibility index (Phi) is 3.26. The molecule has 0 aliphatic heterocycles. The van der Waals surface area contributed by atoms with Crippen LogP contribution in [0.15, 0.2) is 35.0 Å². The molecule has 0 radical (unpaired) electrons. The SMILES string of the molecule is Fc1cccc(CNCc2ccno2)c1F. The Morgan fingerprint density at radius 1 is 1.19 bits per heavy atom. The van der Waals surface area contributed by atoms with Crippen LogP contribution in [-0.4, -0.2) is 5.16 Å². The summed E-state index contributed by atoms with van der Waals surface area (Å²) in [5.74, 6) is -0.997. The minimum absolute atomic E-state index is 0.240. The van der Waals surface area contributed by atoms with Crippen molar-refractivity contribution in [3.8, 4) is 0 Å². The third-order valence-electron chi connectivity index (χ3n) is 2.14. The molecule has 0 fully saturated rings. The summed E-state index contributed by atoms with van der Waals surface area (Å²) in [4.78, 5) is 0. The molecule has 1 N–H and O–H groups in total. The zero-order valence-corrected chi connectivity index (χ0v) is 8.41. The van der Waals surface area contributed by atoms with Crippen molar-refractivity contribution in [3.05, 3.63) is 53.4 Å². The van der Waals surface area contributed by atoms with Gasteiger partial charge in [-0.3, -0.25) is 0 Å². The summed E-state index contributed by atoms with van der Waals surface area (Å²) in [5, 5.41) is 6.46. The number of hydrogen-bond acceptors (Lipinski definition) is 3. The van der Waals surface area contributed by atoms with Crippen molar-refractivity contribution in [2.75, 3.05) is 0 Å². The molecule has 1 aromatic carbocycles.